The highest BCUT2D eigenvalue weighted by molar-refractivity contribution is 5.95. The van der Waals surface area contributed by atoms with Gasteiger partial charge in [0.25, 0.3) is 0 Å². The zero-order chi connectivity index (χ0) is 40.1. The van der Waals surface area contributed by atoms with Gasteiger partial charge >= 0.3 is 12.1 Å². The first-order valence-corrected chi connectivity index (χ1v) is 18.1. The Bertz CT molecular complexity index is 1830. The fourth-order valence-corrected chi connectivity index (χ4v) is 6.30. The molecule has 1 aliphatic heterocycles. The van der Waals surface area contributed by atoms with E-state index in [0.717, 1.165) is 16.7 Å². The molecule has 54 heavy (non-hydrogen) atoms. The highest BCUT2D eigenvalue weighted by atomic mass is 19.1. The predicted molar refractivity (Wildman–Crippen MR) is 202 cm³/mol. The van der Waals surface area contributed by atoms with E-state index in [9.17, 15) is 23.6 Å². The van der Waals surface area contributed by atoms with Crippen LogP contribution in [0.3, 0.4) is 0 Å². The third-order valence-corrected chi connectivity index (χ3v) is 9.69. The number of benzene rings is 3. The fraction of sp³-hybridized carbons (Fsp3) is 0.452. The van der Waals surface area contributed by atoms with Crippen LogP contribution >= 0.6 is 0 Å². The van der Waals surface area contributed by atoms with Gasteiger partial charge in [0.1, 0.15) is 29.5 Å². The van der Waals surface area contributed by atoms with E-state index in [0.29, 0.717) is 11.1 Å². The monoisotopic (exact) mass is 744 g/mol. The van der Waals surface area contributed by atoms with Gasteiger partial charge in [-0.1, -0.05) is 69.3 Å². The van der Waals surface area contributed by atoms with Crippen molar-refractivity contribution >= 4 is 29.8 Å². The van der Waals surface area contributed by atoms with Crippen molar-refractivity contribution in [2.75, 3.05) is 14.2 Å². The van der Waals surface area contributed by atoms with Crippen LogP contribution in [-0.4, -0.2) is 82.4 Å². The van der Waals surface area contributed by atoms with Crippen molar-refractivity contribution in [2.45, 2.75) is 105 Å². The Morgan fingerprint density at radius 3 is 2.04 bits per heavy atom. The molecule has 0 saturated carbocycles. The van der Waals surface area contributed by atoms with Gasteiger partial charge in [-0.3, -0.25) is 19.3 Å². The van der Waals surface area contributed by atoms with Crippen LogP contribution in [0.4, 0.5) is 9.18 Å². The van der Waals surface area contributed by atoms with E-state index in [1.54, 1.807) is 69.0 Å². The molecule has 1 aliphatic rings. The first-order chi connectivity index (χ1) is 25.2. The summed E-state index contributed by atoms with van der Waals surface area (Å²) in [6.45, 7) is 14.3. The Labute approximate surface area is 317 Å². The molecule has 4 atom stereocenters. The van der Waals surface area contributed by atoms with Crippen LogP contribution in [0.25, 0.3) is 0 Å². The molecule has 1 N–H and O–H groups in total. The first-order valence-electron chi connectivity index (χ1n) is 18.1. The second kappa shape index (κ2) is 16.8. The smallest absolute Gasteiger partial charge is 0.410 e. The molecule has 4 rings (SSSR count). The standard InChI is InChI=1S/C42H53FN4O7/c1-26(29-19-21-33(43)22-20-29)46(24-28-15-17-30(18-16-28)39(51)53-10)37(49)34-23-31-13-11-12-14-32(31)25-47(34)38(50)35(41(3,4)5)44-36(48)27(2)45(9)40(52)54-42(6,7)8/h11-22,26-27,34-35H,23-25H2,1-10H3,(H,44,48)/t26-,27?,34?,35?/m1/s1. The maximum Gasteiger partial charge on any atom is 0.410 e. The van der Waals surface area contributed by atoms with Crippen molar-refractivity contribution in [2.24, 2.45) is 5.41 Å². The molecule has 3 unspecified atom stereocenters. The summed E-state index contributed by atoms with van der Waals surface area (Å²) in [6, 6.07) is 16.7. The Morgan fingerprint density at radius 1 is 0.889 bits per heavy atom. The molecule has 3 aromatic rings. The minimum absolute atomic E-state index is 0.118. The van der Waals surface area contributed by atoms with E-state index < -0.39 is 64.9 Å². The van der Waals surface area contributed by atoms with E-state index >= 15 is 4.79 Å². The SMILES string of the molecule is COC(=O)c1ccc(CN(C(=O)C2Cc3ccccc3CN2C(=O)C(NC(=O)C(C)N(C)C(=O)OC(C)(C)C)C(C)(C)C)[C@H](C)c2ccc(F)cc2)cc1. The molecule has 0 spiro atoms. The van der Waals surface area contributed by atoms with Crippen molar-refractivity contribution < 1.29 is 37.8 Å². The van der Waals surface area contributed by atoms with Gasteiger partial charge in [0.05, 0.1) is 18.7 Å². The molecular formula is C42H53FN4O7. The van der Waals surface area contributed by atoms with Crippen molar-refractivity contribution in [3.8, 4) is 0 Å². The molecule has 4 amide bonds. The van der Waals surface area contributed by atoms with Crippen molar-refractivity contribution in [3.05, 3.63) is 106 Å². The van der Waals surface area contributed by atoms with E-state index in [-0.39, 0.29) is 25.4 Å². The number of esters is 1. The molecule has 3 aromatic carbocycles. The third kappa shape index (κ3) is 10.0. The maximum atomic E-state index is 15.0. The molecule has 1 heterocycles. The van der Waals surface area contributed by atoms with Crippen molar-refractivity contribution in [3.63, 3.8) is 0 Å². The van der Waals surface area contributed by atoms with Gasteiger partial charge in [0, 0.05) is 26.6 Å². The normalized spacial score (nSPS) is 15.9. The topological polar surface area (TPSA) is 126 Å². The molecule has 0 aliphatic carbocycles. The van der Waals surface area contributed by atoms with E-state index in [1.165, 1.54) is 36.1 Å². The lowest BCUT2D eigenvalue weighted by Gasteiger charge is -2.43. The van der Waals surface area contributed by atoms with Crippen LogP contribution in [0.2, 0.25) is 0 Å². The Morgan fingerprint density at radius 2 is 1.48 bits per heavy atom. The number of likely N-dealkylation sites (N-methyl/N-ethyl adjacent to an activating group) is 1. The minimum atomic E-state index is -1.08. The summed E-state index contributed by atoms with van der Waals surface area (Å²) in [5, 5.41) is 2.90. The average Bonchev–Trinajstić information content (AvgIpc) is 3.12. The van der Waals surface area contributed by atoms with E-state index in [2.05, 4.69) is 5.32 Å². The van der Waals surface area contributed by atoms with E-state index in [4.69, 9.17) is 9.47 Å². The number of amides is 4. The number of ether oxygens (including phenoxy) is 2. The summed E-state index contributed by atoms with van der Waals surface area (Å²) in [5.41, 5.74) is 1.99. The highest BCUT2D eigenvalue weighted by Crippen LogP contribution is 2.32. The van der Waals surface area contributed by atoms with E-state index in [1.807, 2.05) is 52.0 Å². The number of halogens is 1. The van der Waals surface area contributed by atoms with Gasteiger partial charge in [-0.15, -0.1) is 0 Å². The number of methoxy groups -OCH3 is 1. The lowest BCUT2D eigenvalue weighted by molar-refractivity contribution is -0.152. The molecule has 0 fully saturated rings. The molecule has 290 valence electrons. The minimum Gasteiger partial charge on any atom is -0.465 e. The van der Waals surface area contributed by atoms with Gasteiger partial charge in [-0.2, -0.15) is 0 Å². The summed E-state index contributed by atoms with van der Waals surface area (Å²) in [7, 11) is 2.76. The average molecular weight is 745 g/mol. The zero-order valence-electron chi connectivity index (χ0n) is 32.9. The van der Waals surface area contributed by atoms with Gasteiger partial charge < -0.3 is 24.6 Å². The number of carbonyl (C=O) groups excluding carboxylic acids is 5. The zero-order valence-corrected chi connectivity index (χ0v) is 32.9. The van der Waals surface area contributed by atoms with Crippen LogP contribution in [0.15, 0.2) is 72.8 Å². The summed E-state index contributed by atoms with van der Waals surface area (Å²) in [5.74, 6) is -2.25. The molecule has 0 saturated heterocycles. The number of hydrogen-bond donors (Lipinski definition) is 1. The predicted octanol–water partition coefficient (Wildman–Crippen LogP) is 6.44. The van der Waals surface area contributed by atoms with Crippen LogP contribution in [0, 0.1) is 11.2 Å². The van der Waals surface area contributed by atoms with Crippen LogP contribution in [-0.2, 0) is 43.4 Å². The highest BCUT2D eigenvalue weighted by Gasteiger charge is 2.44. The summed E-state index contributed by atoms with van der Waals surface area (Å²) >= 11 is 0. The third-order valence-electron chi connectivity index (χ3n) is 9.69. The lowest BCUT2D eigenvalue weighted by Crippen LogP contribution is -2.62. The number of nitrogens with zero attached hydrogens (tertiary/aromatic N) is 3. The summed E-state index contributed by atoms with van der Waals surface area (Å²) < 4.78 is 24.3. The number of carbonyl (C=O) groups is 5. The van der Waals surface area contributed by atoms with Crippen LogP contribution in [0.1, 0.15) is 94.0 Å². The molecule has 0 aromatic heterocycles. The molecule has 11 nitrogen and oxygen atoms in total. The lowest BCUT2D eigenvalue weighted by atomic mass is 9.84. The Hall–Kier alpha value is -5.26. The summed E-state index contributed by atoms with van der Waals surface area (Å²) in [4.78, 5) is 72.9. The van der Waals surface area contributed by atoms with Crippen LogP contribution in [0.5, 0.6) is 0 Å². The number of fused-ring (bicyclic) bond motifs is 1. The van der Waals surface area contributed by atoms with Gasteiger partial charge in [-0.05, 0) is 86.6 Å². The fourth-order valence-electron chi connectivity index (χ4n) is 6.30. The summed E-state index contributed by atoms with van der Waals surface area (Å²) in [6.07, 6.45) is -0.463. The second-order valence-corrected chi connectivity index (χ2v) is 15.9. The van der Waals surface area contributed by atoms with Gasteiger partial charge in [-0.25, -0.2) is 14.0 Å². The Balaban J connectivity index is 1.72. The largest absolute Gasteiger partial charge is 0.465 e. The van der Waals surface area contributed by atoms with Crippen molar-refractivity contribution in [1.82, 2.24) is 20.0 Å². The Kier molecular flexibility index (Phi) is 12.9. The number of rotatable bonds is 10. The molecule has 0 radical (unpaired) electrons. The van der Waals surface area contributed by atoms with Crippen molar-refractivity contribution in [1.29, 1.82) is 0 Å². The van der Waals surface area contributed by atoms with Gasteiger partial charge in [0.15, 0.2) is 0 Å². The quantitative estimate of drug-likeness (QED) is 0.237. The second-order valence-electron chi connectivity index (χ2n) is 15.9. The molecular weight excluding hydrogens is 691 g/mol. The molecule has 12 heteroatoms. The number of nitrogens with one attached hydrogen (secondary N) is 1. The first kappa shape index (κ1) is 41.5. The number of hydrogen-bond acceptors (Lipinski definition) is 7. The van der Waals surface area contributed by atoms with Crippen LogP contribution < -0.4 is 5.32 Å². The van der Waals surface area contributed by atoms with Gasteiger partial charge in [0.2, 0.25) is 17.7 Å². The maximum absolute atomic E-state index is 15.0. The molecule has 0 bridgehead atoms.